The number of aromatic nitrogens is 1. The first-order valence-electron chi connectivity index (χ1n) is 5.06. The van der Waals surface area contributed by atoms with E-state index in [0.717, 1.165) is 18.6 Å². The number of nitrogens with one attached hydrogen (secondary N) is 1. The van der Waals surface area contributed by atoms with Crippen LogP contribution in [0, 0.1) is 0 Å². The number of hydrogen-bond donors (Lipinski definition) is 1. The van der Waals surface area contributed by atoms with E-state index in [-0.39, 0.29) is 16.9 Å². The van der Waals surface area contributed by atoms with Crippen LogP contribution in [0.5, 0.6) is 0 Å². The molecule has 1 saturated heterocycles. The second-order valence-corrected chi connectivity index (χ2v) is 5.75. The SMILES string of the molecule is CC(=O)c1csc(NC(=O)C2CCCS2)n1. The summed E-state index contributed by atoms with van der Waals surface area (Å²) in [6.07, 6.45) is 2.03. The zero-order valence-electron chi connectivity index (χ0n) is 8.86. The molecule has 1 aromatic heterocycles. The molecular weight excluding hydrogens is 244 g/mol. The van der Waals surface area contributed by atoms with Gasteiger partial charge in [0.1, 0.15) is 5.69 Å². The highest BCUT2D eigenvalue weighted by atomic mass is 32.2. The van der Waals surface area contributed by atoms with Crippen LogP contribution >= 0.6 is 23.1 Å². The van der Waals surface area contributed by atoms with E-state index < -0.39 is 0 Å². The Labute approximate surface area is 102 Å². The Morgan fingerprint density at radius 2 is 2.38 bits per heavy atom. The van der Waals surface area contributed by atoms with Crippen LogP contribution in [0.3, 0.4) is 0 Å². The van der Waals surface area contributed by atoms with Crippen molar-refractivity contribution in [1.29, 1.82) is 0 Å². The third-order valence-electron chi connectivity index (χ3n) is 2.32. The van der Waals surface area contributed by atoms with Gasteiger partial charge in [-0.05, 0) is 18.6 Å². The van der Waals surface area contributed by atoms with Crippen molar-refractivity contribution in [1.82, 2.24) is 4.98 Å². The minimum atomic E-state index is -0.0769. The van der Waals surface area contributed by atoms with Crippen LogP contribution in [0.25, 0.3) is 0 Å². The second kappa shape index (κ2) is 4.97. The fourth-order valence-electron chi connectivity index (χ4n) is 1.46. The highest BCUT2D eigenvalue weighted by Crippen LogP contribution is 2.27. The Hall–Kier alpha value is -0.880. The van der Waals surface area contributed by atoms with E-state index in [1.54, 1.807) is 17.1 Å². The standard InChI is InChI=1S/C10H12N2O2S2/c1-6(13)7-5-16-10(11-7)12-9(14)8-3-2-4-15-8/h5,8H,2-4H2,1H3,(H,11,12,14). The molecule has 1 aliphatic heterocycles. The average Bonchev–Trinajstić information content (AvgIpc) is 2.87. The number of thiazole rings is 1. The van der Waals surface area contributed by atoms with Gasteiger partial charge in [-0.15, -0.1) is 23.1 Å². The van der Waals surface area contributed by atoms with Crippen LogP contribution < -0.4 is 5.32 Å². The van der Waals surface area contributed by atoms with Crippen LogP contribution in [0.15, 0.2) is 5.38 Å². The summed E-state index contributed by atoms with van der Waals surface area (Å²) in [5.41, 5.74) is 0.416. The minimum Gasteiger partial charge on any atom is -0.301 e. The van der Waals surface area contributed by atoms with E-state index in [4.69, 9.17) is 0 Å². The van der Waals surface area contributed by atoms with Crippen molar-refractivity contribution < 1.29 is 9.59 Å². The van der Waals surface area contributed by atoms with Gasteiger partial charge in [0.15, 0.2) is 10.9 Å². The molecule has 1 unspecified atom stereocenters. The van der Waals surface area contributed by atoms with Gasteiger partial charge in [-0.1, -0.05) is 0 Å². The summed E-state index contributed by atoms with van der Waals surface area (Å²) in [5.74, 6) is 0.980. The number of amides is 1. The van der Waals surface area contributed by atoms with E-state index in [1.165, 1.54) is 18.3 Å². The lowest BCUT2D eigenvalue weighted by Crippen LogP contribution is -2.22. The maximum Gasteiger partial charge on any atom is 0.239 e. The van der Waals surface area contributed by atoms with Crippen molar-refractivity contribution in [3.8, 4) is 0 Å². The third-order valence-corrected chi connectivity index (χ3v) is 4.45. The van der Waals surface area contributed by atoms with Crippen molar-refractivity contribution in [2.45, 2.75) is 25.0 Å². The highest BCUT2D eigenvalue weighted by Gasteiger charge is 2.24. The number of nitrogens with zero attached hydrogens (tertiary/aromatic N) is 1. The molecule has 1 atom stereocenters. The number of anilines is 1. The van der Waals surface area contributed by atoms with E-state index in [1.807, 2.05) is 0 Å². The fraction of sp³-hybridized carbons (Fsp3) is 0.500. The molecule has 0 spiro atoms. The monoisotopic (exact) mass is 256 g/mol. The molecule has 0 bridgehead atoms. The summed E-state index contributed by atoms with van der Waals surface area (Å²) in [4.78, 5) is 26.8. The topological polar surface area (TPSA) is 59.1 Å². The molecular formula is C10H12N2O2S2. The third kappa shape index (κ3) is 2.62. The number of thioether (sulfide) groups is 1. The Bertz CT molecular complexity index is 411. The molecule has 0 saturated carbocycles. The van der Waals surface area contributed by atoms with Gasteiger partial charge >= 0.3 is 0 Å². The summed E-state index contributed by atoms with van der Waals surface area (Å²) < 4.78 is 0. The van der Waals surface area contributed by atoms with Gasteiger partial charge in [-0.2, -0.15) is 0 Å². The molecule has 0 radical (unpaired) electrons. The van der Waals surface area contributed by atoms with Gasteiger partial charge in [0, 0.05) is 12.3 Å². The summed E-state index contributed by atoms with van der Waals surface area (Å²) in [5, 5.41) is 4.98. The Morgan fingerprint density at radius 3 is 2.94 bits per heavy atom. The second-order valence-electron chi connectivity index (χ2n) is 3.58. The van der Waals surface area contributed by atoms with Gasteiger partial charge in [0.05, 0.1) is 5.25 Å². The Kier molecular flexibility index (Phi) is 3.60. The molecule has 0 aromatic carbocycles. The molecule has 86 valence electrons. The van der Waals surface area contributed by atoms with Gasteiger partial charge in [0.2, 0.25) is 5.91 Å². The first kappa shape index (κ1) is 11.6. The number of rotatable bonds is 3. The lowest BCUT2D eigenvalue weighted by molar-refractivity contribution is -0.115. The number of ketones is 1. The normalized spacial score (nSPS) is 19.7. The number of carbonyl (C=O) groups is 2. The Morgan fingerprint density at radius 1 is 1.56 bits per heavy atom. The van der Waals surface area contributed by atoms with Crippen molar-refractivity contribution in [3.05, 3.63) is 11.1 Å². The summed E-state index contributed by atoms with van der Waals surface area (Å²) in [6.45, 7) is 1.47. The molecule has 2 rings (SSSR count). The summed E-state index contributed by atoms with van der Waals surface area (Å²) in [6, 6.07) is 0. The molecule has 1 amide bonds. The summed E-state index contributed by atoms with van der Waals surface area (Å²) in [7, 11) is 0. The van der Waals surface area contributed by atoms with Crippen LogP contribution in [0.4, 0.5) is 5.13 Å². The first-order valence-corrected chi connectivity index (χ1v) is 6.98. The van der Waals surface area contributed by atoms with Gasteiger partial charge in [-0.25, -0.2) is 4.98 Å². The van der Waals surface area contributed by atoms with Crippen LogP contribution in [-0.4, -0.2) is 27.7 Å². The van der Waals surface area contributed by atoms with Crippen molar-refractivity contribution in [3.63, 3.8) is 0 Å². The maximum atomic E-state index is 11.7. The number of hydrogen-bond acceptors (Lipinski definition) is 5. The van der Waals surface area contributed by atoms with Gasteiger partial charge in [-0.3, -0.25) is 9.59 Å². The predicted octanol–water partition coefficient (Wildman–Crippen LogP) is 2.18. The molecule has 1 N–H and O–H groups in total. The van der Waals surface area contributed by atoms with E-state index in [0.29, 0.717) is 10.8 Å². The van der Waals surface area contributed by atoms with Crippen molar-refractivity contribution in [2.24, 2.45) is 0 Å². The predicted molar refractivity (Wildman–Crippen MR) is 66.2 cm³/mol. The molecule has 0 aliphatic carbocycles. The lowest BCUT2D eigenvalue weighted by Gasteiger charge is -2.06. The van der Waals surface area contributed by atoms with E-state index in [9.17, 15) is 9.59 Å². The quantitative estimate of drug-likeness (QED) is 0.842. The van der Waals surface area contributed by atoms with Gasteiger partial charge in [0.25, 0.3) is 0 Å². The average molecular weight is 256 g/mol. The van der Waals surface area contributed by atoms with Gasteiger partial charge < -0.3 is 5.32 Å². The number of carbonyl (C=O) groups excluding carboxylic acids is 2. The van der Waals surface area contributed by atoms with E-state index >= 15 is 0 Å². The highest BCUT2D eigenvalue weighted by molar-refractivity contribution is 8.00. The molecule has 6 heteroatoms. The largest absolute Gasteiger partial charge is 0.301 e. The number of Topliss-reactive ketones (excluding diaryl/α,β-unsaturated/α-hetero) is 1. The zero-order chi connectivity index (χ0) is 11.5. The van der Waals surface area contributed by atoms with Crippen molar-refractivity contribution in [2.75, 3.05) is 11.1 Å². The molecule has 1 aliphatic rings. The summed E-state index contributed by atoms with van der Waals surface area (Å²) >= 11 is 2.97. The van der Waals surface area contributed by atoms with Crippen LogP contribution in [0.1, 0.15) is 30.3 Å². The molecule has 16 heavy (non-hydrogen) atoms. The van der Waals surface area contributed by atoms with Crippen LogP contribution in [-0.2, 0) is 4.79 Å². The molecule has 1 fully saturated rings. The molecule has 4 nitrogen and oxygen atoms in total. The molecule has 2 heterocycles. The lowest BCUT2D eigenvalue weighted by atomic mass is 10.2. The smallest absolute Gasteiger partial charge is 0.239 e. The fourth-order valence-corrected chi connectivity index (χ4v) is 3.38. The molecule has 1 aromatic rings. The Balaban J connectivity index is 1.97. The zero-order valence-corrected chi connectivity index (χ0v) is 10.5. The minimum absolute atomic E-state index is 0.00644. The van der Waals surface area contributed by atoms with Crippen LogP contribution in [0.2, 0.25) is 0 Å². The maximum absolute atomic E-state index is 11.7. The van der Waals surface area contributed by atoms with Crippen molar-refractivity contribution >= 4 is 39.9 Å². The van der Waals surface area contributed by atoms with E-state index in [2.05, 4.69) is 10.3 Å². The first-order chi connectivity index (χ1) is 7.66.